The Kier molecular flexibility index (Phi) is 5.53. The second-order valence-electron chi connectivity index (χ2n) is 7.13. The van der Waals surface area contributed by atoms with Crippen LogP contribution >= 0.6 is 0 Å². The molecule has 0 radical (unpaired) electrons. The van der Waals surface area contributed by atoms with E-state index in [9.17, 15) is 18.0 Å². The predicted molar refractivity (Wildman–Crippen MR) is 107 cm³/mol. The third-order valence-corrected chi connectivity index (χ3v) is 5.07. The Morgan fingerprint density at radius 2 is 2.10 bits per heavy atom. The maximum absolute atomic E-state index is 13.8. The van der Waals surface area contributed by atoms with Crippen LogP contribution in [0.3, 0.4) is 0 Å². The van der Waals surface area contributed by atoms with E-state index in [0.717, 1.165) is 4.68 Å². The van der Waals surface area contributed by atoms with Gasteiger partial charge in [-0.05, 0) is 29.8 Å². The minimum Gasteiger partial charge on any atom is -0.497 e. The number of hydrogen-bond donors (Lipinski definition) is 2. The van der Waals surface area contributed by atoms with Crippen LogP contribution < -0.4 is 15.4 Å². The topological polar surface area (TPSA) is 81.1 Å². The summed E-state index contributed by atoms with van der Waals surface area (Å²) in [4.78, 5) is 16.6. The number of aromatic nitrogens is 3. The number of methoxy groups -OCH3 is 1. The summed E-state index contributed by atoms with van der Waals surface area (Å²) >= 11 is 0. The highest BCUT2D eigenvalue weighted by molar-refractivity contribution is 5.93. The van der Waals surface area contributed by atoms with Crippen molar-refractivity contribution in [2.24, 2.45) is 0 Å². The number of rotatable bonds is 5. The number of anilines is 1. The Balaban J connectivity index is 1.59. The van der Waals surface area contributed by atoms with E-state index in [1.165, 1.54) is 13.2 Å². The number of alkyl halides is 3. The minimum absolute atomic E-state index is 0.0982. The zero-order chi connectivity index (χ0) is 22.0. The summed E-state index contributed by atoms with van der Waals surface area (Å²) in [5.41, 5.74) is 1.19. The summed E-state index contributed by atoms with van der Waals surface area (Å²) in [6.45, 7) is 0.143. The van der Waals surface area contributed by atoms with Crippen LogP contribution in [0.4, 0.5) is 19.0 Å². The van der Waals surface area contributed by atoms with Gasteiger partial charge in [-0.15, -0.1) is 0 Å². The van der Waals surface area contributed by atoms with Gasteiger partial charge in [0.15, 0.2) is 11.7 Å². The lowest BCUT2D eigenvalue weighted by Crippen LogP contribution is -2.35. The SMILES string of the molecule is COc1cccc([C@@H]2C[C@H](C(F)(F)F)n3nc(C(=O)NCc4ccccn4)cc3N2)c1. The summed E-state index contributed by atoms with van der Waals surface area (Å²) < 4.78 is 47.5. The van der Waals surface area contributed by atoms with Crippen molar-refractivity contribution in [3.63, 3.8) is 0 Å². The summed E-state index contributed by atoms with van der Waals surface area (Å²) in [5, 5.41) is 9.65. The molecule has 1 aliphatic rings. The molecule has 1 aromatic carbocycles. The first-order chi connectivity index (χ1) is 14.8. The molecule has 31 heavy (non-hydrogen) atoms. The Hall–Kier alpha value is -3.56. The number of carbonyl (C=O) groups is 1. The highest BCUT2D eigenvalue weighted by atomic mass is 19.4. The van der Waals surface area contributed by atoms with Crippen LogP contribution in [0.2, 0.25) is 0 Å². The van der Waals surface area contributed by atoms with Crippen LogP contribution in [-0.2, 0) is 6.54 Å². The van der Waals surface area contributed by atoms with Gasteiger partial charge in [0.05, 0.1) is 25.4 Å². The molecular weight excluding hydrogens is 411 g/mol. The van der Waals surface area contributed by atoms with E-state index in [2.05, 4.69) is 20.7 Å². The molecule has 0 fully saturated rings. The van der Waals surface area contributed by atoms with E-state index >= 15 is 0 Å². The second kappa shape index (κ2) is 8.29. The zero-order valence-corrected chi connectivity index (χ0v) is 16.6. The Labute approximate surface area is 176 Å². The van der Waals surface area contributed by atoms with Gasteiger partial charge in [0.1, 0.15) is 11.6 Å². The molecule has 2 atom stereocenters. The van der Waals surface area contributed by atoms with Crippen molar-refractivity contribution < 1.29 is 22.7 Å². The number of nitrogens with zero attached hydrogens (tertiary/aromatic N) is 3. The molecule has 2 aromatic heterocycles. The van der Waals surface area contributed by atoms with Gasteiger partial charge >= 0.3 is 6.18 Å². The average Bonchev–Trinajstić information content (AvgIpc) is 3.21. The normalized spacial score (nSPS) is 18.1. The molecule has 2 N–H and O–H groups in total. The van der Waals surface area contributed by atoms with Crippen molar-refractivity contribution in [2.75, 3.05) is 12.4 Å². The average molecular weight is 431 g/mol. The molecule has 0 unspecified atom stereocenters. The fourth-order valence-corrected chi connectivity index (χ4v) is 3.53. The smallest absolute Gasteiger partial charge is 0.410 e. The molecule has 4 rings (SSSR count). The molecule has 10 heteroatoms. The van der Waals surface area contributed by atoms with Crippen LogP contribution in [-0.4, -0.2) is 34.0 Å². The monoisotopic (exact) mass is 431 g/mol. The number of nitrogens with one attached hydrogen (secondary N) is 2. The highest BCUT2D eigenvalue weighted by Crippen LogP contribution is 2.43. The molecule has 162 valence electrons. The number of benzene rings is 1. The molecular formula is C21H20F3N5O2. The van der Waals surface area contributed by atoms with Crippen molar-refractivity contribution >= 4 is 11.7 Å². The fraction of sp³-hybridized carbons (Fsp3) is 0.286. The molecule has 0 aliphatic carbocycles. The van der Waals surface area contributed by atoms with E-state index in [4.69, 9.17) is 4.74 Å². The lowest BCUT2D eigenvalue weighted by atomic mass is 9.97. The maximum atomic E-state index is 13.8. The first-order valence-corrected chi connectivity index (χ1v) is 9.60. The van der Waals surface area contributed by atoms with Gasteiger partial charge < -0.3 is 15.4 Å². The molecule has 0 bridgehead atoms. The Morgan fingerprint density at radius 3 is 2.81 bits per heavy atom. The molecule has 1 amide bonds. The number of halogens is 3. The molecule has 0 saturated carbocycles. The van der Waals surface area contributed by atoms with Gasteiger partial charge in [-0.1, -0.05) is 18.2 Å². The number of amides is 1. The summed E-state index contributed by atoms with van der Waals surface area (Å²) in [5.74, 6) is 0.106. The first-order valence-electron chi connectivity index (χ1n) is 9.60. The number of pyridine rings is 1. The summed E-state index contributed by atoms with van der Waals surface area (Å²) in [7, 11) is 1.50. The van der Waals surface area contributed by atoms with E-state index in [-0.39, 0.29) is 24.5 Å². The summed E-state index contributed by atoms with van der Waals surface area (Å²) in [6, 6.07) is 11.0. The fourth-order valence-electron chi connectivity index (χ4n) is 3.53. The van der Waals surface area contributed by atoms with E-state index in [1.807, 2.05) is 0 Å². The molecule has 0 spiro atoms. The molecule has 1 aliphatic heterocycles. The van der Waals surface area contributed by atoms with Gasteiger partial charge in [-0.25, -0.2) is 4.68 Å². The van der Waals surface area contributed by atoms with Crippen LogP contribution in [0.15, 0.2) is 54.7 Å². The maximum Gasteiger partial charge on any atom is 0.410 e. The number of hydrogen-bond acceptors (Lipinski definition) is 5. The number of ether oxygens (including phenoxy) is 1. The van der Waals surface area contributed by atoms with E-state index in [1.54, 1.807) is 48.7 Å². The van der Waals surface area contributed by atoms with Crippen molar-refractivity contribution in [3.05, 3.63) is 71.7 Å². The minimum atomic E-state index is -4.53. The molecule has 3 aromatic rings. The van der Waals surface area contributed by atoms with Gasteiger partial charge in [0.25, 0.3) is 5.91 Å². The quantitative estimate of drug-likeness (QED) is 0.641. The number of carbonyl (C=O) groups excluding carboxylic acids is 1. The molecule has 3 heterocycles. The third kappa shape index (κ3) is 4.47. The van der Waals surface area contributed by atoms with Gasteiger partial charge in [0.2, 0.25) is 0 Å². The molecule has 7 nitrogen and oxygen atoms in total. The number of fused-ring (bicyclic) bond motifs is 1. The van der Waals surface area contributed by atoms with Crippen LogP contribution in [0.25, 0.3) is 0 Å². The third-order valence-electron chi connectivity index (χ3n) is 5.07. The van der Waals surface area contributed by atoms with Crippen molar-refractivity contribution in [3.8, 4) is 5.75 Å². The Bertz CT molecular complexity index is 1070. The van der Waals surface area contributed by atoms with Crippen molar-refractivity contribution in [1.29, 1.82) is 0 Å². The van der Waals surface area contributed by atoms with Crippen LogP contribution in [0.1, 0.15) is 40.3 Å². The van der Waals surface area contributed by atoms with Gasteiger partial charge in [0, 0.05) is 18.7 Å². The van der Waals surface area contributed by atoms with E-state index < -0.39 is 24.2 Å². The lowest BCUT2D eigenvalue weighted by Gasteiger charge is -2.33. The zero-order valence-electron chi connectivity index (χ0n) is 16.6. The second-order valence-corrected chi connectivity index (χ2v) is 7.13. The molecule has 0 saturated heterocycles. The Morgan fingerprint density at radius 1 is 1.26 bits per heavy atom. The standard InChI is InChI=1S/C21H20F3N5O2/c1-31-15-7-4-5-13(9-15)16-10-18(21(22,23)24)29-19(27-16)11-17(28-29)20(30)26-12-14-6-2-3-8-25-14/h2-9,11,16,18,27H,10,12H2,1H3,(H,26,30)/t16-,18+/m0/s1. The first kappa shape index (κ1) is 20.7. The van der Waals surface area contributed by atoms with E-state index in [0.29, 0.717) is 17.0 Å². The van der Waals surface area contributed by atoms with Gasteiger partial charge in [-0.3, -0.25) is 9.78 Å². The van der Waals surface area contributed by atoms with Crippen LogP contribution in [0.5, 0.6) is 5.75 Å². The largest absolute Gasteiger partial charge is 0.497 e. The highest BCUT2D eigenvalue weighted by Gasteiger charge is 2.46. The lowest BCUT2D eigenvalue weighted by molar-refractivity contribution is -0.173. The predicted octanol–water partition coefficient (Wildman–Crippen LogP) is 3.88. The summed E-state index contributed by atoms with van der Waals surface area (Å²) in [6.07, 6.45) is -3.20. The van der Waals surface area contributed by atoms with Crippen molar-refractivity contribution in [1.82, 2.24) is 20.1 Å². The van der Waals surface area contributed by atoms with Gasteiger partial charge in [-0.2, -0.15) is 18.3 Å². The van der Waals surface area contributed by atoms with Crippen LogP contribution in [0, 0.1) is 0 Å². The van der Waals surface area contributed by atoms with Crippen molar-refractivity contribution in [2.45, 2.75) is 31.2 Å².